The van der Waals surface area contributed by atoms with Gasteiger partial charge in [-0.2, -0.15) is 11.3 Å². The number of carbonyl (C=O) groups excluding carboxylic acids is 2. The molecular weight excluding hydrogens is 416 g/mol. The van der Waals surface area contributed by atoms with Gasteiger partial charge in [-0.05, 0) is 36.4 Å². The molecule has 2 aliphatic rings. The molecule has 2 amide bonds. The number of thiophene rings is 1. The van der Waals surface area contributed by atoms with Crippen LogP contribution in [0.2, 0.25) is 0 Å². The van der Waals surface area contributed by atoms with E-state index in [4.69, 9.17) is 4.74 Å². The van der Waals surface area contributed by atoms with Crippen LogP contribution in [-0.4, -0.2) is 68.3 Å². The Balaban J connectivity index is 1.50. The van der Waals surface area contributed by atoms with Crippen LogP contribution in [0.15, 0.2) is 41.4 Å². The van der Waals surface area contributed by atoms with Gasteiger partial charge < -0.3 is 14.2 Å². The maximum absolute atomic E-state index is 12.8. The lowest BCUT2D eigenvalue weighted by Crippen LogP contribution is -2.57. The summed E-state index contributed by atoms with van der Waals surface area (Å²) in [5.41, 5.74) is 1.19. The summed E-state index contributed by atoms with van der Waals surface area (Å²) in [6.07, 6.45) is 4.49. The predicted molar refractivity (Wildman–Crippen MR) is 113 cm³/mol. The third-order valence-corrected chi connectivity index (χ3v) is 6.81. The van der Waals surface area contributed by atoms with E-state index in [9.17, 15) is 9.59 Å². The fourth-order valence-electron chi connectivity index (χ4n) is 4.59. The van der Waals surface area contributed by atoms with Gasteiger partial charge in [0.2, 0.25) is 0 Å². The van der Waals surface area contributed by atoms with Gasteiger partial charge in [-0.3, -0.25) is 14.7 Å². The molecular formula is C21H22N6O3S. The maximum Gasteiger partial charge on any atom is 0.409 e. The molecule has 0 saturated carbocycles. The molecule has 0 aliphatic carbocycles. The van der Waals surface area contributed by atoms with Crippen LogP contribution in [0.1, 0.15) is 29.0 Å². The molecule has 10 heteroatoms. The number of methoxy groups -OCH3 is 1. The lowest BCUT2D eigenvalue weighted by molar-refractivity contribution is 0.0317. The Morgan fingerprint density at radius 1 is 1.16 bits per heavy atom. The van der Waals surface area contributed by atoms with E-state index < -0.39 is 5.54 Å². The van der Waals surface area contributed by atoms with Crippen LogP contribution >= 0.6 is 11.3 Å². The molecule has 31 heavy (non-hydrogen) atoms. The molecule has 0 radical (unpaired) electrons. The second-order valence-electron chi connectivity index (χ2n) is 7.87. The largest absolute Gasteiger partial charge is 0.453 e. The molecule has 0 unspecified atom stereocenters. The summed E-state index contributed by atoms with van der Waals surface area (Å²) >= 11 is 1.52. The van der Waals surface area contributed by atoms with E-state index in [1.807, 2.05) is 33.9 Å². The van der Waals surface area contributed by atoms with Crippen LogP contribution in [0.3, 0.4) is 0 Å². The minimum atomic E-state index is -0.415. The first-order chi connectivity index (χ1) is 15.1. The first-order valence-electron chi connectivity index (χ1n) is 10.1. The number of likely N-dealkylation sites (tertiary alicyclic amines) is 1. The molecule has 0 aromatic carbocycles. The van der Waals surface area contributed by atoms with E-state index >= 15 is 0 Å². The highest BCUT2D eigenvalue weighted by atomic mass is 32.1. The smallest absolute Gasteiger partial charge is 0.409 e. The van der Waals surface area contributed by atoms with Gasteiger partial charge in [-0.1, -0.05) is 0 Å². The molecule has 1 spiro atoms. The van der Waals surface area contributed by atoms with E-state index in [0.717, 1.165) is 17.0 Å². The standard InChI is InChI=1S/C21H22N6O3S/c1-30-20(29)26-12-17-23-24-18(15-3-2-7-22-11-15)27(17)21(14-26)5-8-25(9-6-21)19(28)16-4-10-31-13-16/h2-4,7,10-11,13H,5-6,8-9,12,14H2,1H3. The zero-order valence-electron chi connectivity index (χ0n) is 17.1. The van der Waals surface area contributed by atoms with Gasteiger partial charge in [0.15, 0.2) is 11.6 Å². The summed E-state index contributed by atoms with van der Waals surface area (Å²) in [6.45, 7) is 2.00. The topological polar surface area (TPSA) is 93.5 Å². The van der Waals surface area contributed by atoms with Crippen LogP contribution in [0.5, 0.6) is 0 Å². The van der Waals surface area contributed by atoms with Crippen LogP contribution in [-0.2, 0) is 16.8 Å². The molecule has 160 valence electrons. The van der Waals surface area contributed by atoms with Gasteiger partial charge in [-0.25, -0.2) is 4.79 Å². The highest BCUT2D eigenvalue weighted by molar-refractivity contribution is 7.08. The molecule has 0 bridgehead atoms. The molecule has 5 heterocycles. The van der Waals surface area contributed by atoms with Crippen molar-refractivity contribution in [3.8, 4) is 11.4 Å². The number of amides is 2. The normalized spacial score (nSPS) is 17.5. The van der Waals surface area contributed by atoms with Gasteiger partial charge in [-0.15, -0.1) is 10.2 Å². The summed E-state index contributed by atoms with van der Waals surface area (Å²) < 4.78 is 7.16. The highest BCUT2D eigenvalue weighted by Crippen LogP contribution is 2.39. The predicted octanol–water partition coefficient (Wildman–Crippen LogP) is 2.62. The Bertz CT molecular complexity index is 1090. The van der Waals surface area contributed by atoms with Crippen molar-refractivity contribution in [1.82, 2.24) is 29.5 Å². The van der Waals surface area contributed by atoms with E-state index in [1.54, 1.807) is 17.3 Å². The van der Waals surface area contributed by atoms with Crippen LogP contribution in [0.25, 0.3) is 11.4 Å². The molecule has 3 aromatic heterocycles. The Hall–Kier alpha value is -3.27. The Labute approximate surface area is 183 Å². The number of hydrogen-bond acceptors (Lipinski definition) is 7. The Morgan fingerprint density at radius 3 is 2.68 bits per heavy atom. The second-order valence-corrected chi connectivity index (χ2v) is 8.65. The van der Waals surface area contributed by atoms with Crippen LogP contribution in [0.4, 0.5) is 4.79 Å². The number of rotatable bonds is 2. The number of fused-ring (bicyclic) bond motifs is 2. The van der Waals surface area contributed by atoms with Crippen LogP contribution < -0.4 is 0 Å². The number of hydrogen-bond donors (Lipinski definition) is 0. The highest BCUT2D eigenvalue weighted by Gasteiger charge is 2.46. The van der Waals surface area contributed by atoms with Crippen molar-refractivity contribution in [1.29, 1.82) is 0 Å². The van der Waals surface area contributed by atoms with Crippen LogP contribution in [0, 0.1) is 0 Å². The number of pyridine rings is 1. The molecule has 0 atom stereocenters. The molecule has 5 rings (SSSR count). The number of piperidine rings is 1. The molecule has 1 saturated heterocycles. The maximum atomic E-state index is 12.8. The first kappa shape index (κ1) is 19.7. The van der Waals surface area contributed by atoms with Crippen molar-refractivity contribution in [2.45, 2.75) is 24.9 Å². The molecule has 1 fully saturated rings. The van der Waals surface area contributed by atoms with Crippen molar-refractivity contribution in [2.75, 3.05) is 26.7 Å². The molecule has 2 aliphatic heterocycles. The lowest BCUT2D eigenvalue weighted by Gasteiger charge is -2.48. The average molecular weight is 439 g/mol. The van der Waals surface area contributed by atoms with E-state index in [1.165, 1.54) is 18.4 Å². The molecule has 0 N–H and O–H groups in total. The summed E-state index contributed by atoms with van der Waals surface area (Å²) in [5, 5.41) is 12.6. The van der Waals surface area contributed by atoms with Gasteiger partial charge >= 0.3 is 6.09 Å². The lowest BCUT2D eigenvalue weighted by atomic mass is 9.84. The average Bonchev–Trinajstić information content (AvgIpc) is 3.50. The van der Waals surface area contributed by atoms with E-state index in [-0.39, 0.29) is 12.0 Å². The summed E-state index contributed by atoms with van der Waals surface area (Å²) in [5.74, 6) is 1.51. The zero-order valence-corrected chi connectivity index (χ0v) is 17.9. The summed E-state index contributed by atoms with van der Waals surface area (Å²) in [7, 11) is 1.39. The minimum absolute atomic E-state index is 0.0493. The molecule has 3 aromatic rings. The van der Waals surface area contributed by atoms with Crippen molar-refractivity contribution in [3.63, 3.8) is 0 Å². The van der Waals surface area contributed by atoms with Gasteiger partial charge in [0.1, 0.15) is 0 Å². The van der Waals surface area contributed by atoms with Gasteiger partial charge in [0.25, 0.3) is 5.91 Å². The van der Waals surface area contributed by atoms with Crippen molar-refractivity contribution >= 4 is 23.3 Å². The zero-order chi connectivity index (χ0) is 21.4. The monoisotopic (exact) mass is 438 g/mol. The van der Waals surface area contributed by atoms with Gasteiger partial charge in [0.05, 0.1) is 24.8 Å². The molecule has 9 nitrogen and oxygen atoms in total. The fraction of sp³-hybridized carbons (Fsp3) is 0.381. The summed E-state index contributed by atoms with van der Waals surface area (Å²) in [6, 6.07) is 5.69. The van der Waals surface area contributed by atoms with E-state index in [0.29, 0.717) is 44.8 Å². The van der Waals surface area contributed by atoms with Crippen molar-refractivity contribution < 1.29 is 14.3 Å². The minimum Gasteiger partial charge on any atom is -0.453 e. The third-order valence-electron chi connectivity index (χ3n) is 6.12. The SMILES string of the molecule is COC(=O)N1Cc2nnc(-c3cccnc3)n2C2(CCN(C(=O)c3ccsc3)CC2)C1. The summed E-state index contributed by atoms with van der Waals surface area (Å²) in [4.78, 5) is 33.0. The number of carbonyl (C=O) groups is 2. The Morgan fingerprint density at radius 2 is 2.00 bits per heavy atom. The first-order valence-corrected chi connectivity index (χ1v) is 11.1. The second kappa shape index (κ2) is 7.77. The van der Waals surface area contributed by atoms with Crippen molar-refractivity contribution in [2.24, 2.45) is 0 Å². The van der Waals surface area contributed by atoms with Crippen molar-refractivity contribution in [3.05, 3.63) is 52.7 Å². The third kappa shape index (κ3) is 3.36. The quantitative estimate of drug-likeness (QED) is 0.611. The Kier molecular flexibility index (Phi) is 4.93. The number of aromatic nitrogens is 4. The van der Waals surface area contributed by atoms with E-state index in [2.05, 4.69) is 19.7 Å². The number of nitrogens with zero attached hydrogens (tertiary/aromatic N) is 6. The van der Waals surface area contributed by atoms with Gasteiger partial charge in [0, 0.05) is 43.0 Å². The number of ether oxygens (including phenoxy) is 1. The fourth-order valence-corrected chi connectivity index (χ4v) is 5.22.